The number of ether oxygens (including phenoxy) is 1. The largest absolute Gasteiger partial charge is 0.481 e. The molecule has 2 amide bonds. The summed E-state index contributed by atoms with van der Waals surface area (Å²) in [5.41, 5.74) is 0.708. The molecule has 5 nitrogen and oxygen atoms in total. The fraction of sp³-hybridized carbons (Fsp3) is 0.364. The van der Waals surface area contributed by atoms with E-state index in [9.17, 15) is 14.0 Å². The number of carbonyl (C=O) groups excluding carboxylic acids is 2. The summed E-state index contributed by atoms with van der Waals surface area (Å²) in [6, 6.07) is 10.0. The van der Waals surface area contributed by atoms with Crippen LogP contribution in [-0.4, -0.2) is 35.4 Å². The highest BCUT2D eigenvalue weighted by Crippen LogP contribution is 2.24. The van der Waals surface area contributed by atoms with Crippen LogP contribution >= 0.6 is 23.2 Å². The molecule has 0 unspecified atom stereocenters. The topological polar surface area (TPSA) is 58.6 Å². The summed E-state index contributed by atoms with van der Waals surface area (Å²) in [5, 5.41) is 3.58. The molecule has 0 spiro atoms. The van der Waals surface area contributed by atoms with E-state index >= 15 is 0 Å². The number of nitrogens with zero attached hydrogens (tertiary/aromatic N) is 1. The standard InChI is InChI=1S/C22H25Cl2FN2O3/c1-4-19(22(29)26-14(2)3)27(12-15-9-10-16(23)17(24)11-15)21(28)13-30-20-8-6-5-7-18(20)25/h5-11,14,19H,4,12-13H2,1-3H3,(H,26,29)/t19-/m0/s1. The highest BCUT2D eigenvalue weighted by atomic mass is 35.5. The van der Waals surface area contributed by atoms with Crippen LogP contribution in [0.15, 0.2) is 42.5 Å². The second-order valence-electron chi connectivity index (χ2n) is 7.08. The van der Waals surface area contributed by atoms with Crippen LogP contribution in [0.3, 0.4) is 0 Å². The van der Waals surface area contributed by atoms with Crippen molar-refractivity contribution in [2.45, 2.75) is 45.8 Å². The number of halogens is 3. The van der Waals surface area contributed by atoms with Gasteiger partial charge in [0.15, 0.2) is 18.2 Å². The molecule has 1 N–H and O–H groups in total. The summed E-state index contributed by atoms with van der Waals surface area (Å²) >= 11 is 12.1. The van der Waals surface area contributed by atoms with Gasteiger partial charge in [0.2, 0.25) is 5.91 Å². The smallest absolute Gasteiger partial charge is 0.261 e. The van der Waals surface area contributed by atoms with Crippen LogP contribution in [0, 0.1) is 5.82 Å². The lowest BCUT2D eigenvalue weighted by Gasteiger charge is -2.31. The Labute approximate surface area is 186 Å². The third-order valence-corrected chi connectivity index (χ3v) is 5.08. The zero-order chi connectivity index (χ0) is 22.3. The summed E-state index contributed by atoms with van der Waals surface area (Å²) in [6.45, 7) is 5.22. The molecule has 8 heteroatoms. The van der Waals surface area contributed by atoms with E-state index in [-0.39, 0.29) is 24.2 Å². The molecule has 0 saturated heterocycles. The maximum atomic E-state index is 13.8. The van der Waals surface area contributed by atoms with Gasteiger partial charge in [-0.05, 0) is 50.1 Å². The van der Waals surface area contributed by atoms with Crippen LogP contribution in [0.1, 0.15) is 32.8 Å². The summed E-state index contributed by atoms with van der Waals surface area (Å²) in [7, 11) is 0. The molecule has 0 heterocycles. The van der Waals surface area contributed by atoms with Gasteiger partial charge in [-0.2, -0.15) is 0 Å². The van der Waals surface area contributed by atoms with E-state index < -0.39 is 24.4 Å². The van der Waals surface area contributed by atoms with Crippen molar-refractivity contribution < 1.29 is 18.7 Å². The average molecular weight is 455 g/mol. The quantitative estimate of drug-likeness (QED) is 0.589. The normalized spacial score (nSPS) is 11.8. The first kappa shape index (κ1) is 24.0. The first-order chi connectivity index (χ1) is 14.2. The monoisotopic (exact) mass is 454 g/mol. The van der Waals surface area contributed by atoms with Crippen molar-refractivity contribution in [3.8, 4) is 5.75 Å². The van der Waals surface area contributed by atoms with Gasteiger partial charge in [-0.15, -0.1) is 0 Å². The molecule has 1 atom stereocenters. The molecular weight excluding hydrogens is 430 g/mol. The molecule has 0 radical (unpaired) electrons. The van der Waals surface area contributed by atoms with E-state index in [0.717, 1.165) is 0 Å². The third kappa shape index (κ3) is 6.61. The van der Waals surface area contributed by atoms with Crippen LogP contribution in [0.25, 0.3) is 0 Å². The maximum Gasteiger partial charge on any atom is 0.261 e. The first-order valence-corrected chi connectivity index (χ1v) is 10.4. The van der Waals surface area contributed by atoms with Crippen LogP contribution in [0.5, 0.6) is 5.75 Å². The van der Waals surface area contributed by atoms with Crippen LogP contribution < -0.4 is 10.1 Å². The lowest BCUT2D eigenvalue weighted by molar-refractivity contribution is -0.143. The molecule has 0 aliphatic rings. The average Bonchev–Trinajstić information content (AvgIpc) is 2.69. The van der Waals surface area contributed by atoms with Gasteiger partial charge in [0.25, 0.3) is 5.91 Å². The van der Waals surface area contributed by atoms with Crippen molar-refractivity contribution in [2.24, 2.45) is 0 Å². The summed E-state index contributed by atoms with van der Waals surface area (Å²) in [4.78, 5) is 27.1. The fourth-order valence-corrected chi connectivity index (χ4v) is 3.24. The Morgan fingerprint density at radius 1 is 1.13 bits per heavy atom. The minimum absolute atomic E-state index is 0.0278. The van der Waals surface area contributed by atoms with Gasteiger partial charge in [-0.3, -0.25) is 9.59 Å². The minimum atomic E-state index is -0.724. The van der Waals surface area contributed by atoms with Gasteiger partial charge < -0.3 is 15.0 Å². The summed E-state index contributed by atoms with van der Waals surface area (Å²) in [5.74, 6) is -1.31. The zero-order valence-corrected chi connectivity index (χ0v) is 18.6. The third-order valence-electron chi connectivity index (χ3n) is 4.34. The number of benzene rings is 2. The molecule has 2 aromatic carbocycles. The Hall–Kier alpha value is -2.31. The lowest BCUT2D eigenvalue weighted by Crippen LogP contribution is -2.51. The highest BCUT2D eigenvalue weighted by molar-refractivity contribution is 6.42. The zero-order valence-electron chi connectivity index (χ0n) is 17.1. The van der Waals surface area contributed by atoms with Gasteiger partial charge in [0.1, 0.15) is 6.04 Å². The minimum Gasteiger partial charge on any atom is -0.481 e. The second kappa shape index (κ2) is 11.2. The van der Waals surface area contributed by atoms with Crippen molar-refractivity contribution in [2.75, 3.05) is 6.61 Å². The number of hydrogen-bond acceptors (Lipinski definition) is 3. The predicted molar refractivity (Wildman–Crippen MR) is 116 cm³/mol. The molecule has 0 aliphatic carbocycles. The first-order valence-electron chi connectivity index (χ1n) is 9.64. The lowest BCUT2D eigenvalue weighted by atomic mass is 10.1. The van der Waals surface area contributed by atoms with Crippen molar-refractivity contribution in [3.05, 3.63) is 63.9 Å². The molecule has 162 valence electrons. The predicted octanol–water partition coefficient (Wildman–Crippen LogP) is 4.84. The molecule has 0 fully saturated rings. The molecule has 0 aromatic heterocycles. The Morgan fingerprint density at radius 3 is 2.43 bits per heavy atom. The van der Waals surface area contributed by atoms with E-state index in [4.69, 9.17) is 27.9 Å². The molecule has 0 saturated carbocycles. The molecular formula is C22H25Cl2FN2O3. The number of nitrogens with one attached hydrogen (secondary N) is 1. The number of para-hydroxylation sites is 1. The van der Waals surface area contributed by atoms with Crippen molar-refractivity contribution in [1.29, 1.82) is 0 Å². The van der Waals surface area contributed by atoms with E-state index in [1.54, 1.807) is 24.3 Å². The van der Waals surface area contributed by atoms with Crippen LogP contribution in [-0.2, 0) is 16.1 Å². The van der Waals surface area contributed by atoms with Gasteiger partial charge >= 0.3 is 0 Å². The molecule has 0 bridgehead atoms. The number of rotatable bonds is 9. The van der Waals surface area contributed by atoms with Gasteiger partial charge in [0, 0.05) is 12.6 Å². The van der Waals surface area contributed by atoms with E-state index in [2.05, 4.69) is 5.32 Å². The number of amides is 2. The molecule has 0 aliphatic heterocycles. The van der Waals surface area contributed by atoms with Crippen LogP contribution in [0.2, 0.25) is 10.0 Å². The van der Waals surface area contributed by atoms with E-state index in [1.165, 1.54) is 23.1 Å². The Kier molecular flexibility index (Phi) is 8.93. The van der Waals surface area contributed by atoms with Crippen molar-refractivity contribution >= 4 is 35.0 Å². The molecule has 2 aromatic rings. The summed E-state index contributed by atoms with van der Waals surface area (Å²) < 4.78 is 19.2. The Balaban J connectivity index is 2.25. The van der Waals surface area contributed by atoms with E-state index in [0.29, 0.717) is 22.0 Å². The Bertz CT molecular complexity index is 892. The van der Waals surface area contributed by atoms with Gasteiger partial charge in [-0.1, -0.05) is 48.3 Å². The Morgan fingerprint density at radius 2 is 1.83 bits per heavy atom. The maximum absolute atomic E-state index is 13.8. The second-order valence-corrected chi connectivity index (χ2v) is 7.89. The van der Waals surface area contributed by atoms with Crippen molar-refractivity contribution in [3.63, 3.8) is 0 Å². The molecule has 2 rings (SSSR count). The number of carbonyl (C=O) groups is 2. The van der Waals surface area contributed by atoms with Crippen LogP contribution in [0.4, 0.5) is 4.39 Å². The highest BCUT2D eigenvalue weighted by Gasteiger charge is 2.29. The van der Waals surface area contributed by atoms with Crippen molar-refractivity contribution in [1.82, 2.24) is 10.2 Å². The van der Waals surface area contributed by atoms with E-state index in [1.807, 2.05) is 20.8 Å². The molecule has 30 heavy (non-hydrogen) atoms. The summed E-state index contributed by atoms with van der Waals surface area (Å²) in [6.07, 6.45) is 0.394. The van der Waals surface area contributed by atoms with Gasteiger partial charge in [-0.25, -0.2) is 4.39 Å². The fourth-order valence-electron chi connectivity index (χ4n) is 2.92. The number of hydrogen-bond donors (Lipinski definition) is 1. The SMILES string of the molecule is CC[C@@H](C(=O)NC(C)C)N(Cc1ccc(Cl)c(Cl)c1)C(=O)COc1ccccc1F. The van der Waals surface area contributed by atoms with Gasteiger partial charge in [0.05, 0.1) is 10.0 Å².